The zero-order chi connectivity index (χ0) is 21.8. The van der Waals surface area contributed by atoms with Crippen LogP contribution in [0.4, 0.5) is 21.0 Å². The second-order valence-electron chi connectivity index (χ2n) is 7.37. The molecule has 2 aliphatic rings. The fraction of sp³-hybridized carbons (Fsp3) is 0.318. The van der Waals surface area contributed by atoms with E-state index in [0.717, 1.165) is 0 Å². The number of carbonyl (C=O) groups excluding carboxylic acids is 3. The van der Waals surface area contributed by atoms with Gasteiger partial charge in [0.2, 0.25) is 0 Å². The fourth-order valence-corrected chi connectivity index (χ4v) is 3.65. The molecule has 3 amide bonds. The van der Waals surface area contributed by atoms with Gasteiger partial charge < -0.3 is 24.8 Å². The van der Waals surface area contributed by atoms with Crippen molar-refractivity contribution in [2.75, 3.05) is 23.8 Å². The number of rotatable bonds is 5. The van der Waals surface area contributed by atoms with Crippen molar-refractivity contribution >= 4 is 29.3 Å². The molecule has 9 nitrogen and oxygen atoms in total. The van der Waals surface area contributed by atoms with Crippen molar-refractivity contribution in [1.29, 1.82) is 0 Å². The molecule has 2 aromatic rings. The maximum atomic E-state index is 12.4. The third kappa shape index (κ3) is 5.01. The maximum absolute atomic E-state index is 12.4. The van der Waals surface area contributed by atoms with Gasteiger partial charge >= 0.3 is 12.1 Å². The van der Waals surface area contributed by atoms with Gasteiger partial charge in [-0.1, -0.05) is 30.3 Å². The molecule has 0 spiro atoms. The highest BCUT2D eigenvalue weighted by molar-refractivity contribution is 5.96. The van der Waals surface area contributed by atoms with Crippen molar-refractivity contribution in [2.24, 2.45) is 0 Å². The minimum atomic E-state index is -0.594. The van der Waals surface area contributed by atoms with Gasteiger partial charge in [-0.25, -0.2) is 9.59 Å². The molecule has 9 heteroatoms. The largest absolute Gasteiger partial charge is 0.441 e. The summed E-state index contributed by atoms with van der Waals surface area (Å²) in [6, 6.07) is 14.8. The normalized spacial score (nSPS) is 24.2. The molecule has 2 aliphatic heterocycles. The first-order valence-corrected chi connectivity index (χ1v) is 9.94. The minimum Gasteiger partial charge on any atom is -0.441 e. The van der Waals surface area contributed by atoms with Crippen LogP contribution in [-0.2, 0) is 14.2 Å². The summed E-state index contributed by atoms with van der Waals surface area (Å²) in [4.78, 5) is 36.0. The van der Waals surface area contributed by atoms with E-state index in [1.807, 2.05) is 18.2 Å². The second-order valence-corrected chi connectivity index (χ2v) is 7.37. The van der Waals surface area contributed by atoms with Crippen molar-refractivity contribution in [1.82, 2.24) is 5.32 Å². The molecule has 0 radical (unpaired) electrons. The average Bonchev–Trinajstić information content (AvgIpc) is 3.32. The SMILES string of the molecule is CC(=O)c1cccc(NC(=O)N[C@H]2CO[C@H]3[C@@H]2OC[C@H]3OC(=O)Nc2ccccc2)c1. The second kappa shape index (κ2) is 9.15. The number of benzene rings is 2. The Hall–Kier alpha value is -3.43. The third-order valence-electron chi connectivity index (χ3n) is 5.13. The van der Waals surface area contributed by atoms with E-state index in [4.69, 9.17) is 14.2 Å². The molecule has 31 heavy (non-hydrogen) atoms. The summed E-state index contributed by atoms with van der Waals surface area (Å²) in [5.41, 5.74) is 1.64. The zero-order valence-corrected chi connectivity index (χ0v) is 16.9. The lowest BCUT2D eigenvalue weighted by Crippen LogP contribution is -2.46. The van der Waals surface area contributed by atoms with Crippen molar-refractivity contribution < 1.29 is 28.6 Å². The zero-order valence-electron chi connectivity index (χ0n) is 16.9. The number of fused-ring (bicyclic) bond motifs is 1. The monoisotopic (exact) mass is 425 g/mol. The highest BCUT2D eigenvalue weighted by atomic mass is 16.6. The van der Waals surface area contributed by atoms with E-state index in [9.17, 15) is 14.4 Å². The summed E-state index contributed by atoms with van der Waals surface area (Å²) in [6.45, 7) is 1.87. The van der Waals surface area contributed by atoms with Crippen LogP contribution in [0, 0.1) is 0 Å². The van der Waals surface area contributed by atoms with Gasteiger partial charge in [0, 0.05) is 16.9 Å². The van der Waals surface area contributed by atoms with Crippen molar-refractivity contribution in [3.8, 4) is 0 Å². The van der Waals surface area contributed by atoms with E-state index in [1.165, 1.54) is 6.92 Å². The van der Waals surface area contributed by atoms with Gasteiger partial charge in [-0.05, 0) is 31.2 Å². The highest BCUT2D eigenvalue weighted by Gasteiger charge is 2.50. The van der Waals surface area contributed by atoms with Crippen LogP contribution in [0.3, 0.4) is 0 Å². The van der Waals surface area contributed by atoms with E-state index in [-0.39, 0.29) is 19.0 Å². The van der Waals surface area contributed by atoms with Gasteiger partial charge in [0.15, 0.2) is 11.9 Å². The summed E-state index contributed by atoms with van der Waals surface area (Å²) in [5, 5.41) is 8.18. The maximum Gasteiger partial charge on any atom is 0.412 e. The molecule has 0 bridgehead atoms. The molecule has 4 atom stereocenters. The summed E-state index contributed by atoms with van der Waals surface area (Å²) < 4.78 is 16.9. The number of hydrogen-bond acceptors (Lipinski definition) is 6. The van der Waals surface area contributed by atoms with Crippen LogP contribution >= 0.6 is 0 Å². The van der Waals surface area contributed by atoms with Crippen LogP contribution in [0.15, 0.2) is 54.6 Å². The number of amides is 3. The summed E-state index contributed by atoms with van der Waals surface area (Å²) in [6.07, 6.45) is -2.06. The number of hydrogen-bond donors (Lipinski definition) is 3. The van der Waals surface area contributed by atoms with Crippen LogP contribution in [0.1, 0.15) is 17.3 Å². The van der Waals surface area contributed by atoms with E-state index in [0.29, 0.717) is 16.9 Å². The first-order valence-electron chi connectivity index (χ1n) is 9.94. The minimum absolute atomic E-state index is 0.0854. The Morgan fingerprint density at radius 2 is 1.65 bits per heavy atom. The Kier molecular flexibility index (Phi) is 6.15. The molecule has 0 saturated carbocycles. The Morgan fingerprint density at radius 3 is 2.42 bits per heavy atom. The first kappa shape index (κ1) is 20.8. The Morgan fingerprint density at radius 1 is 0.903 bits per heavy atom. The summed E-state index contributed by atoms with van der Waals surface area (Å²) in [5.74, 6) is -0.0854. The van der Waals surface area contributed by atoms with Crippen molar-refractivity contribution in [3.05, 3.63) is 60.2 Å². The number of ether oxygens (including phenoxy) is 3. The number of Topliss-reactive ketones (excluding diaryl/α,β-unsaturated/α-hetero) is 1. The van der Waals surface area contributed by atoms with Gasteiger partial charge in [-0.2, -0.15) is 0 Å². The van der Waals surface area contributed by atoms with Gasteiger partial charge in [0.1, 0.15) is 12.2 Å². The molecule has 4 rings (SSSR count). The van der Waals surface area contributed by atoms with Crippen LogP contribution in [0.2, 0.25) is 0 Å². The molecule has 162 valence electrons. The standard InChI is InChI=1S/C22H23N3O6/c1-13(26)14-6-5-9-16(10-14)23-21(27)25-17-11-29-20-18(12-30-19(17)20)31-22(28)24-15-7-3-2-4-8-15/h2-10,17-20H,11-12H2,1H3,(H,24,28)(H2,23,25,27)/t17-,18+,19+,20+/m0/s1. The number of para-hydroxylation sites is 1. The van der Waals surface area contributed by atoms with Crippen LogP contribution in [0.5, 0.6) is 0 Å². The smallest absolute Gasteiger partial charge is 0.412 e. The summed E-state index contributed by atoms with van der Waals surface area (Å²) >= 11 is 0. The molecule has 2 aromatic carbocycles. The Bertz CT molecular complexity index is 967. The topological polar surface area (TPSA) is 115 Å². The van der Waals surface area contributed by atoms with Gasteiger partial charge in [-0.15, -0.1) is 0 Å². The molecular weight excluding hydrogens is 402 g/mol. The molecule has 2 heterocycles. The molecular formula is C22H23N3O6. The Labute approximate surface area is 179 Å². The van der Waals surface area contributed by atoms with Crippen LogP contribution in [-0.4, -0.2) is 55.5 Å². The van der Waals surface area contributed by atoms with Crippen molar-refractivity contribution in [3.63, 3.8) is 0 Å². The first-order chi connectivity index (χ1) is 15.0. The van der Waals surface area contributed by atoms with E-state index in [1.54, 1.807) is 36.4 Å². The van der Waals surface area contributed by atoms with Gasteiger partial charge in [-0.3, -0.25) is 10.1 Å². The number of urea groups is 1. The molecule has 3 N–H and O–H groups in total. The molecule has 2 saturated heterocycles. The molecule has 0 unspecified atom stereocenters. The van der Waals surface area contributed by atoms with Crippen LogP contribution in [0.25, 0.3) is 0 Å². The van der Waals surface area contributed by atoms with Gasteiger partial charge in [0.05, 0.1) is 19.3 Å². The van der Waals surface area contributed by atoms with Crippen molar-refractivity contribution in [2.45, 2.75) is 31.3 Å². The van der Waals surface area contributed by atoms with Gasteiger partial charge in [0.25, 0.3) is 0 Å². The predicted molar refractivity (Wildman–Crippen MR) is 112 cm³/mol. The number of ketones is 1. The number of anilines is 2. The van der Waals surface area contributed by atoms with Crippen LogP contribution < -0.4 is 16.0 Å². The lowest BCUT2D eigenvalue weighted by molar-refractivity contribution is 0.00873. The fourth-order valence-electron chi connectivity index (χ4n) is 3.65. The molecule has 0 aliphatic carbocycles. The molecule has 0 aromatic heterocycles. The lowest BCUT2D eigenvalue weighted by Gasteiger charge is -2.18. The van der Waals surface area contributed by atoms with E-state index < -0.39 is 36.5 Å². The summed E-state index contributed by atoms with van der Waals surface area (Å²) in [7, 11) is 0. The third-order valence-corrected chi connectivity index (χ3v) is 5.13. The number of carbonyl (C=O) groups is 3. The number of nitrogens with one attached hydrogen (secondary N) is 3. The Balaban J connectivity index is 1.29. The van der Waals surface area contributed by atoms with E-state index in [2.05, 4.69) is 16.0 Å². The quantitative estimate of drug-likeness (QED) is 0.635. The predicted octanol–water partition coefficient (Wildman–Crippen LogP) is 2.79. The molecule has 2 fully saturated rings. The highest BCUT2D eigenvalue weighted by Crippen LogP contribution is 2.29. The van der Waals surface area contributed by atoms with E-state index >= 15 is 0 Å². The average molecular weight is 425 g/mol. The lowest BCUT2D eigenvalue weighted by atomic mass is 10.1.